The Balaban J connectivity index is 1.53. The van der Waals surface area contributed by atoms with Crippen LogP contribution in [0.25, 0.3) is 0 Å². The second kappa shape index (κ2) is 5.45. The minimum atomic E-state index is 0.294. The molecular formula is C13H20N4OS. The van der Waals surface area contributed by atoms with E-state index in [1.54, 1.807) is 0 Å². The first-order chi connectivity index (χ1) is 9.22. The average Bonchev–Trinajstić information content (AvgIpc) is 3.10. The molecule has 1 atom stereocenters. The summed E-state index contributed by atoms with van der Waals surface area (Å²) in [5.74, 6) is 1.47. The van der Waals surface area contributed by atoms with Crippen LogP contribution in [0.4, 0.5) is 5.13 Å². The Morgan fingerprint density at radius 3 is 2.84 bits per heavy atom. The minimum Gasteiger partial charge on any atom is -0.356 e. The van der Waals surface area contributed by atoms with Crippen molar-refractivity contribution in [2.45, 2.75) is 45.1 Å². The van der Waals surface area contributed by atoms with Gasteiger partial charge in [0.1, 0.15) is 5.82 Å². The molecule has 1 saturated carbocycles. The van der Waals surface area contributed by atoms with Gasteiger partial charge in [-0.05, 0) is 26.2 Å². The number of aromatic nitrogens is 2. The molecule has 2 heterocycles. The van der Waals surface area contributed by atoms with E-state index in [2.05, 4.69) is 14.7 Å². The van der Waals surface area contributed by atoms with Crippen molar-refractivity contribution in [3.05, 3.63) is 5.82 Å². The molecule has 0 radical (unpaired) electrons. The molecule has 1 aromatic heterocycles. The van der Waals surface area contributed by atoms with Crippen LogP contribution in [0.2, 0.25) is 0 Å². The van der Waals surface area contributed by atoms with Gasteiger partial charge in [0.05, 0.1) is 0 Å². The van der Waals surface area contributed by atoms with Crippen molar-refractivity contribution in [3.63, 3.8) is 0 Å². The van der Waals surface area contributed by atoms with E-state index >= 15 is 0 Å². The van der Waals surface area contributed by atoms with Gasteiger partial charge in [0.15, 0.2) is 0 Å². The standard InChI is InChI=1S/C13H20N4OS/c1-9-14-13(19-16-9)15-11-6-7-17(8-11)12(18)10-4-2-3-5-10/h10-11H,2-8H2,1H3,(H,14,15,16). The Labute approximate surface area is 117 Å². The van der Waals surface area contributed by atoms with Crippen LogP contribution in [0, 0.1) is 12.8 Å². The molecule has 1 aromatic rings. The Hall–Kier alpha value is -1.17. The summed E-state index contributed by atoms with van der Waals surface area (Å²) in [5, 5.41) is 4.26. The van der Waals surface area contributed by atoms with Crippen molar-refractivity contribution in [2.24, 2.45) is 5.92 Å². The number of rotatable bonds is 3. The molecule has 104 valence electrons. The molecule has 3 rings (SSSR count). The summed E-state index contributed by atoms with van der Waals surface area (Å²) in [6.07, 6.45) is 5.62. The summed E-state index contributed by atoms with van der Waals surface area (Å²) >= 11 is 1.40. The molecule has 6 heteroatoms. The summed E-state index contributed by atoms with van der Waals surface area (Å²) < 4.78 is 4.16. The molecule has 1 amide bonds. The van der Waals surface area contributed by atoms with Crippen molar-refractivity contribution in [3.8, 4) is 0 Å². The van der Waals surface area contributed by atoms with E-state index in [-0.39, 0.29) is 0 Å². The number of aryl methyl sites for hydroxylation is 1. The normalized spacial score (nSPS) is 24.1. The third-order valence-electron chi connectivity index (χ3n) is 4.06. The highest BCUT2D eigenvalue weighted by atomic mass is 32.1. The Kier molecular flexibility index (Phi) is 3.68. The zero-order valence-corrected chi connectivity index (χ0v) is 12.1. The van der Waals surface area contributed by atoms with Gasteiger partial charge in [-0.3, -0.25) is 4.79 Å². The smallest absolute Gasteiger partial charge is 0.225 e. The quantitative estimate of drug-likeness (QED) is 0.920. The van der Waals surface area contributed by atoms with Gasteiger partial charge in [-0.2, -0.15) is 4.37 Å². The summed E-state index contributed by atoms with van der Waals surface area (Å²) in [5.41, 5.74) is 0. The van der Waals surface area contributed by atoms with Crippen LogP contribution in [-0.4, -0.2) is 39.3 Å². The van der Waals surface area contributed by atoms with Crippen molar-refractivity contribution in [2.75, 3.05) is 18.4 Å². The lowest BCUT2D eigenvalue weighted by Crippen LogP contribution is -2.35. The minimum absolute atomic E-state index is 0.294. The van der Waals surface area contributed by atoms with E-state index in [4.69, 9.17) is 0 Å². The summed E-state index contributed by atoms with van der Waals surface area (Å²) in [7, 11) is 0. The first-order valence-corrected chi connectivity index (χ1v) is 7.85. The van der Waals surface area contributed by atoms with Crippen molar-refractivity contribution < 1.29 is 4.79 Å². The van der Waals surface area contributed by atoms with Gasteiger partial charge in [-0.25, -0.2) is 4.98 Å². The molecule has 5 nitrogen and oxygen atoms in total. The van der Waals surface area contributed by atoms with E-state index in [1.165, 1.54) is 24.4 Å². The fourth-order valence-electron chi connectivity index (χ4n) is 3.04. The number of nitrogens with one attached hydrogen (secondary N) is 1. The van der Waals surface area contributed by atoms with Crippen LogP contribution in [0.15, 0.2) is 0 Å². The molecule has 1 aliphatic heterocycles. The van der Waals surface area contributed by atoms with Gasteiger partial charge < -0.3 is 10.2 Å². The maximum Gasteiger partial charge on any atom is 0.225 e. The molecule has 1 unspecified atom stereocenters. The van der Waals surface area contributed by atoms with E-state index in [0.717, 1.165) is 43.3 Å². The number of anilines is 1. The second-order valence-corrected chi connectivity index (χ2v) is 6.29. The fraction of sp³-hybridized carbons (Fsp3) is 0.769. The number of hydrogen-bond donors (Lipinski definition) is 1. The van der Waals surface area contributed by atoms with Gasteiger partial charge in [-0.15, -0.1) is 0 Å². The molecule has 1 saturated heterocycles. The molecule has 0 aromatic carbocycles. The summed E-state index contributed by atoms with van der Waals surface area (Å²) in [4.78, 5) is 18.7. The number of carbonyl (C=O) groups excluding carboxylic acids is 1. The Morgan fingerprint density at radius 2 is 2.16 bits per heavy atom. The predicted octanol–water partition coefficient (Wildman–Crippen LogP) is 2.05. The molecule has 19 heavy (non-hydrogen) atoms. The zero-order chi connectivity index (χ0) is 13.2. The average molecular weight is 280 g/mol. The van der Waals surface area contributed by atoms with Crippen LogP contribution in [0.5, 0.6) is 0 Å². The first kappa shape index (κ1) is 12.8. The lowest BCUT2D eigenvalue weighted by Gasteiger charge is -2.20. The topological polar surface area (TPSA) is 58.1 Å². The van der Waals surface area contributed by atoms with Gasteiger partial charge in [0.25, 0.3) is 0 Å². The lowest BCUT2D eigenvalue weighted by atomic mass is 10.1. The number of nitrogens with zero attached hydrogens (tertiary/aromatic N) is 3. The van der Waals surface area contributed by atoms with Crippen molar-refractivity contribution in [1.82, 2.24) is 14.3 Å². The molecule has 1 N–H and O–H groups in total. The number of amides is 1. The summed E-state index contributed by atoms with van der Waals surface area (Å²) in [6, 6.07) is 0.331. The maximum absolute atomic E-state index is 12.3. The first-order valence-electron chi connectivity index (χ1n) is 7.08. The Bertz CT molecular complexity index is 455. The van der Waals surface area contributed by atoms with Crippen molar-refractivity contribution >= 4 is 22.6 Å². The number of carbonyl (C=O) groups is 1. The van der Waals surface area contributed by atoms with Crippen LogP contribution in [0.3, 0.4) is 0 Å². The third kappa shape index (κ3) is 2.88. The van der Waals surface area contributed by atoms with E-state index in [1.807, 2.05) is 11.8 Å². The second-order valence-electron chi connectivity index (χ2n) is 5.54. The molecule has 2 fully saturated rings. The predicted molar refractivity (Wildman–Crippen MR) is 75.2 cm³/mol. The number of likely N-dealkylation sites (tertiary alicyclic amines) is 1. The monoisotopic (exact) mass is 280 g/mol. The van der Waals surface area contributed by atoms with E-state index < -0.39 is 0 Å². The summed E-state index contributed by atoms with van der Waals surface area (Å²) in [6.45, 7) is 3.59. The van der Waals surface area contributed by atoms with Crippen LogP contribution in [0.1, 0.15) is 37.9 Å². The largest absolute Gasteiger partial charge is 0.356 e. The highest BCUT2D eigenvalue weighted by molar-refractivity contribution is 7.09. The van der Waals surface area contributed by atoms with Crippen molar-refractivity contribution in [1.29, 1.82) is 0 Å². The molecule has 1 aliphatic carbocycles. The highest BCUT2D eigenvalue weighted by Gasteiger charge is 2.32. The lowest BCUT2D eigenvalue weighted by molar-refractivity contribution is -0.134. The molecule has 2 aliphatic rings. The zero-order valence-electron chi connectivity index (χ0n) is 11.3. The van der Waals surface area contributed by atoms with Gasteiger partial charge in [0.2, 0.25) is 11.0 Å². The molecular weight excluding hydrogens is 260 g/mol. The van der Waals surface area contributed by atoms with Gasteiger partial charge >= 0.3 is 0 Å². The van der Waals surface area contributed by atoms with E-state index in [0.29, 0.717) is 17.9 Å². The van der Waals surface area contributed by atoms with E-state index in [9.17, 15) is 4.79 Å². The third-order valence-corrected chi connectivity index (χ3v) is 4.80. The molecule has 0 spiro atoms. The Morgan fingerprint density at radius 1 is 1.37 bits per heavy atom. The highest BCUT2D eigenvalue weighted by Crippen LogP contribution is 2.28. The van der Waals surface area contributed by atoms with Gasteiger partial charge in [-0.1, -0.05) is 12.8 Å². The number of hydrogen-bond acceptors (Lipinski definition) is 5. The molecule has 0 bridgehead atoms. The maximum atomic E-state index is 12.3. The van der Waals surface area contributed by atoms with Gasteiger partial charge in [0, 0.05) is 36.6 Å². The fourth-order valence-corrected chi connectivity index (χ4v) is 3.69. The van der Waals surface area contributed by atoms with Crippen LogP contribution in [-0.2, 0) is 4.79 Å². The SMILES string of the molecule is Cc1nsc(NC2CCN(C(=O)C3CCCC3)C2)n1. The van der Waals surface area contributed by atoms with Crippen LogP contribution < -0.4 is 5.32 Å². The van der Waals surface area contributed by atoms with Crippen LogP contribution >= 0.6 is 11.5 Å².